The second-order valence-corrected chi connectivity index (χ2v) is 3.28. The van der Waals surface area contributed by atoms with Crippen molar-refractivity contribution in [3.8, 4) is 0 Å². The van der Waals surface area contributed by atoms with Crippen LogP contribution in [0.1, 0.15) is 19.8 Å². The van der Waals surface area contributed by atoms with Gasteiger partial charge in [-0.05, 0) is 18.6 Å². The van der Waals surface area contributed by atoms with Gasteiger partial charge in [0, 0.05) is 17.1 Å². The number of unbranched alkanes of at least 4 members (excludes halogenated alkanes) is 1. The molecule has 0 saturated carbocycles. The molecule has 0 atom stereocenters. The van der Waals surface area contributed by atoms with E-state index in [1.165, 1.54) is 12.8 Å². The summed E-state index contributed by atoms with van der Waals surface area (Å²) in [6.07, 6.45) is 2.43. The summed E-state index contributed by atoms with van der Waals surface area (Å²) < 4.78 is 0. The molecule has 66 valence electrons. The molecule has 0 radical (unpaired) electrons. The summed E-state index contributed by atoms with van der Waals surface area (Å²) in [6.45, 7) is 3.22. The SMILES string of the molecule is CCCCNc1ccccc1S. The fraction of sp³-hybridized carbons (Fsp3) is 0.400. The van der Waals surface area contributed by atoms with Gasteiger partial charge in [-0.25, -0.2) is 0 Å². The Balaban J connectivity index is 2.46. The van der Waals surface area contributed by atoms with Crippen LogP contribution < -0.4 is 5.32 Å². The molecule has 1 nitrogen and oxygen atoms in total. The molecule has 0 aliphatic carbocycles. The van der Waals surface area contributed by atoms with Crippen molar-refractivity contribution < 1.29 is 0 Å². The number of rotatable bonds is 4. The minimum Gasteiger partial charge on any atom is -0.384 e. The van der Waals surface area contributed by atoms with E-state index in [9.17, 15) is 0 Å². The number of hydrogen-bond donors (Lipinski definition) is 2. The van der Waals surface area contributed by atoms with Crippen molar-refractivity contribution in [2.45, 2.75) is 24.7 Å². The van der Waals surface area contributed by atoms with Gasteiger partial charge in [0.05, 0.1) is 0 Å². The molecule has 0 amide bonds. The summed E-state index contributed by atoms with van der Waals surface area (Å²) in [5.41, 5.74) is 1.13. The van der Waals surface area contributed by atoms with Crippen molar-refractivity contribution in [1.82, 2.24) is 0 Å². The first-order valence-electron chi connectivity index (χ1n) is 4.36. The quantitative estimate of drug-likeness (QED) is 0.537. The van der Waals surface area contributed by atoms with Crippen LogP contribution in [0.15, 0.2) is 29.2 Å². The first-order valence-corrected chi connectivity index (χ1v) is 4.81. The van der Waals surface area contributed by atoms with Gasteiger partial charge in [0.25, 0.3) is 0 Å². The monoisotopic (exact) mass is 181 g/mol. The van der Waals surface area contributed by atoms with Crippen LogP contribution in [0.4, 0.5) is 5.69 Å². The second kappa shape index (κ2) is 5.09. The van der Waals surface area contributed by atoms with Crippen molar-refractivity contribution >= 4 is 18.3 Å². The standard InChI is InChI=1S/C10H15NS/c1-2-3-8-11-9-6-4-5-7-10(9)12/h4-7,11-12H,2-3,8H2,1H3. The highest BCUT2D eigenvalue weighted by atomic mass is 32.1. The zero-order valence-electron chi connectivity index (χ0n) is 7.38. The maximum atomic E-state index is 4.34. The van der Waals surface area contributed by atoms with Crippen LogP contribution in [0.3, 0.4) is 0 Å². The minimum atomic E-state index is 1.02. The van der Waals surface area contributed by atoms with E-state index in [1.807, 2.05) is 18.2 Å². The zero-order chi connectivity index (χ0) is 8.81. The summed E-state index contributed by atoms with van der Waals surface area (Å²) >= 11 is 4.34. The van der Waals surface area contributed by atoms with E-state index in [0.717, 1.165) is 17.1 Å². The van der Waals surface area contributed by atoms with Gasteiger partial charge in [-0.15, -0.1) is 12.6 Å². The average molecular weight is 181 g/mol. The average Bonchev–Trinajstić information content (AvgIpc) is 2.09. The first kappa shape index (κ1) is 9.46. The Bertz CT molecular complexity index is 235. The smallest absolute Gasteiger partial charge is 0.0475 e. The van der Waals surface area contributed by atoms with Crippen molar-refractivity contribution in [3.05, 3.63) is 24.3 Å². The summed E-state index contributed by atoms with van der Waals surface area (Å²) in [5.74, 6) is 0. The van der Waals surface area contributed by atoms with Crippen LogP contribution in [0.2, 0.25) is 0 Å². The molecule has 0 aliphatic rings. The predicted octanol–water partition coefficient (Wildman–Crippen LogP) is 3.19. The third-order valence-corrected chi connectivity index (χ3v) is 2.14. The van der Waals surface area contributed by atoms with Crippen LogP contribution in [0.25, 0.3) is 0 Å². The van der Waals surface area contributed by atoms with E-state index in [2.05, 4.69) is 30.9 Å². The fourth-order valence-electron chi connectivity index (χ4n) is 1.02. The summed E-state index contributed by atoms with van der Waals surface area (Å²) in [4.78, 5) is 1.02. The van der Waals surface area contributed by atoms with E-state index in [0.29, 0.717) is 0 Å². The lowest BCUT2D eigenvalue weighted by Gasteiger charge is -2.06. The van der Waals surface area contributed by atoms with Crippen LogP contribution in [0, 0.1) is 0 Å². The molecular weight excluding hydrogens is 166 g/mol. The summed E-state index contributed by atoms with van der Waals surface area (Å²) in [7, 11) is 0. The van der Waals surface area contributed by atoms with Gasteiger partial charge in [0.15, 0.2) is 0 Å². The maximum Gasteiger partial charge on any atom is 0.0475 e. The number of thiol groups is 1. The van der Waals surface area contributed by atoms with Gasteiger partial charge in [0.2, 0.25) is 0 Å². The highest BCUT2D eigenvalue weighted by Crippen LogP contribution is 2.18. The van der Waals surface area contributed by atoms with Crippen molar-refractivity contribution in [2.75, 3.05) is 11.9 Å². The molecule has 0 unspecified atom stereocenters. The Morgan fingerprint density at radius 2 is 2.08 bits per heavy atom. The van der Waals surface area contributed by atoms with Gasteiger partial charge in [-0.1, -0.05) is 25.5 Å². The Hall–Kier alpha value is -0.630. The van der Waals surface area contributed by atoms with Crippen LogP contribution >= 0.6 is 12.6 Å². The van der Waals surface area contributed by atoms with Gasteiger partial charge in [-0.3, -0.25) is 0 Å². The van der Waals surface area contributed by atoms with E-state index < -0.39 is 0 Å². The molecule has 1 rings (SSSR count). The van der Waals surface area contributed by atoms with Gasteiger partial charge < -0.3 is 5.32 Å². The minimum absolute atomic E-state index is 1.02. The maximum absolute atomic E-state index is 4.34. The lowest BCUT2D eigenvalue weighted by atomic mass is 10.3. The first-order chi connectivity index (χ1) is 5.84. The molecule has 1 N–H and O–H groups in total. The third kappa shape index (κ3) is 2.78. The Kier molecular flexibility index (Phi) is 4.01. The molecular formula is C10H15NS. The second-order valence-electron chi connectivity index (χ2n) is 2.80. The van der Waals surface area contributed by atoms with E-state index in [1.54, 1.807) is 0 Å². The summed E-state index contributed by atoms with van der Waals surface area (Å²) in [5, 5.41) is 3.34. The molecule has 12 heavy (non-hydrogen) atoms. The fourth-order valence-corrected chi connectivity index (χ4v) is 1.26. The van der Waals surface area contributed by atoms with E-state index >= 15 is 0 Å². The molecule has 0 aromatic heterocycles. The Labute approximate surface area is 79.6 Å². The normalized spacial score (nSPS) is 9.83. The molecule has 0 saturated heterocycles. The molecule has 0 aliphatic heterocycles. The molecule has 0 bridgehead atoms. The largest absolute Gasteiger partial charge is 0.384 e. The number of hydrogen-bond acceptors (Lipinski definition) is 2. The Morgan fingerprint density at radius 1 is 1.33 bits per heavy atom. The number of para-hydroxylation sites is 1. The van der Waals surface area contributed by atoms with Gasteiger partial charge in [-0.2, -0.15) is 0 Å². The predicted molar refractivity (Wildman–Crippen MR) is 57.1 cm³/mol. The van der Waals surface area contributed by atoms with Crippen LogP contribution in [0.5, 0.6) is 0 Å². The highest BCUT2D eigenvalue weighted by Gasteiger charge is 1.94. The number of benzene rings is 1. The third-order valence-electron chi connectivity index (χ3n) is 1.75. The molecule has 2 heteroatoms. The van der Waals surface area contributed by atoms with Crippen molar-refractivity contribution in [1.29, 1.82) is 0 Å². The molecule has 1 aromatic carbocycles. The molecule has 0 heterocycles. The van der Waals surface area contributed by atoms with Crippen molar-refractivity contribution in [2.24, 2.45) is 0 Å². The molecule has 0 fully saturated rings. The van der Waals surface area contributed by atoms with Crippen LogP contribution in [-0.4, -0.2) is 6.54 Å². The molecule has 1 aromatic rings. The highest BCUT2D eigenvalue weighted by molar-refractivity contribution is 7.80. The van der Waals surface area contributed by atoms with Gasteiger partial charge in [0.1, 0.15) is 0 Å². The lowest BCUT2D eigenvalue weighted by Crippen LogP contribution is -2.00. The zero-order valence-corrected chi connectivity index (χ0v) is 8.27. The van der Waals surface area contributed by atoms with E-state index in [4.69, 9.17) is 0 Å². The summed E-state index contributed by atoms with van der Waals surface area (Å²) in [6, 6.07) is 8.07. The molecule has 0 spiro atoms. The lowest BCUT2D eigenvalue weighted by molar-refractivity contribution is 0.832. The van der Waals surface area contributed by atoms with E-state index in [-0.39, 0.29) is 0 Å². The van der Waals surface area contributed by atoms with Crippen LogP contribution in [-0.2, 0) is 0 Å². The number of nitrogens with one attached hydrogen (secondary N) is 1. The van der Waals surface area contributed by atoms with Crippen molar-refractivity contribution in [3.63, 3.8) is 0 Å². The number of anilines is 1. The Morgan fingerprint density at radius 3 is 2.75 bits per heavy atom. The topological polar surface area (TPSA) is 12.0 Å². The van der Waals surface area contributed by atoms with Gasteiger partial charge >= 0.3 is 0 Å².